The van der Waals surface area contributed by atoms with Crippen LogP contribution in [0.2, 0.25) is 0 Å². The van der Waals surface area contributed by atoms with Gasteiger partial charge >= 0.3 is 6.18 Å². The van der Waals surface area contributed by atoms with Crippen LogP contribution >= 0.6 is 0 Å². The molecule has 0 bridgehead atoms. The van der Waals surface area contributed by atoms with E-state index in [1.807, 2.05) is 7.05 Å². The Bertz CT molecular complexity index is 1630. The van der Waals surface area contributed by atoms with Gasteiger partial charge in [-0.2, -0.15) is 18.2 Å². The number of aromatic nitrogens is 2. The highest BCUT2D eigenvalue weighted by Gasteiger charge is 2.41. The van der Waals surface area contributed by atoms with E-state index in [2.05, 4.69) is 30.2 Å². The Balaban J connectivity index is 1.38. The number of ether oxygens (including phenoxy) is 2. The normalized spacial score (nSPS) is 19.3. The molecule has 1 aromatic heterocycles. The number of likely N-dealkylation sites (tertiary alicyclic amines) is 1. The molecule has 2 heterocycles. The van der Waals surface area contributed by atoms with Crippen molar-refractivity contribution < 1.29 is 35.9 Å². The number of halogens is 3. The predicted octanol–water partition coefficient (Wildman–Crippen LogP) is 3.67. The maximum atomic E-state index is 14.0. The number of nitrogens with one attached hydrogen (secondary N) is 3. The molecule has 44 heavy (non-hydrogen) atoms. The first-order valence-corrected chi connectivity index (χ1v) is 15.8. The molecule has 3 aromatic rings. The van der Waals surface area contributed by atoms with E-state index in [0.29, 0.717) is 23.0 Å². The van der Waals surface area contributed by atoms with E-state index in [4.69, 9.17) is 9.47 Å². The fraction of sp³-hybridized carbons (Fsp3) is 0.414. The van der Waals surface area contributed by atoms with Crippen molar-refractivity contribution in [1.82, 2.24) is 24.9 Å². The quantitative estimate of drug-likeness (QED) is 0.322. The first-order chi connectivity index (χ1) is 20.8. The molecule has 2 aliphatic rings. The zero-order chi connectivity index (χ0) is 31.6. The molecule has 0 unspecified atom stereocenters. The number of rotatable bonds is 9. The Morgan fingerprint density at radius 3 is 2.52 bits per heavy atom. The lowest BCUT2D eigenvalue weighted by molar-refractivity contribution is -0.140. The van der Waals surface area contributed by atoms with Crippen molar-refractivity contribution in [2.75, 3.05) is 38.8 Å². The zero-order valence-electron chi connectivity index (χ0n) is 24.3. The summed E-state index contributed by atoms with van der Waals surface area (Å²) in [6.45, 7) is 1.77. The predicted molar refractivity (Wildman–Crippen MR) is 157 cm³/mol. The lowest BCUT2D eigenvalue weighted by Gasteiger charge is -2.29. The topological polar surface area (TPSA) is 135 Å². The van der Waals surface area contributed by atoms with Crippen LogP contribution in [0.4, 0.5) is 24.8 Å². The summed E-state index contributed by atoms with van der Waals surface area (Å²) in [6, 6.07) is 10.7. The number of amides is 1. The average molecular weight is 635 g/mol. The van der Waals surface area contributed by atoms with E-state index in [-0.39, 0.29) is 30.1 Å². The number of fused-ring (bicyclic) bond motifs is 1. The van der Waals surface area contributed by atoms with Gasteiger partial charge in [-0.3, -0.25) is 4.79 Å². The summed E-state index contributed by atoms with van der Waals surface area (Å²) in [6.07, 6.45) is -2.46. The number of nitrogens with zero attached hydrogens (tertiary/aromatic N) is 3. The van der Waals surface area contributed by atoms with Crippen LogP contribution in [0.3, 0.4) is 0 Å². The molecule has 1 aliphatic carbocycles. The standard InChI is InChI=1S/C29H33F3N6O5S/c1-38-12-10-19(11-13-38)34-26(39)18-8-9-22(23(15-18)42-2)35-28-33-16-21(29(30,31)32)27(36-28)43-24-14-17-6-4-5-7-20(17)25(24)37-44(3,40)41/h4-9,15-16,19,24-25,37H,10-14H2,1-3H3,(H,34,39)(H,33,35,36)/t24-,25+/m1/s1. The zero-order valence-corrected chi connectivity index (χ0v) is 25.1. The van der Waals surface area contributed by atoms with Gasteiger partial charge in [0.2, 0.25) is 21.9 Å². The van der Waals surface area contributed by atoms with Crippen molar-refractivity contribution in [2.24, 2.45) is 0 Å². The summed E-state index contributed by atoms with van der Waals surface area (Å²) < 4.78 is 79.9. The van der Waals surface area contributed by atoms with Gasteiger partial charge < -0.3 is 25.0 Å². The van der Waals surface area contributed by atoms with Crippen LogP contribution in [-0.4, -0.2) is 74.8 Å². The minimum atomic E-state index is -4.85. The molecule has 2 atom stereocenters. The highest BCUT2D eigenvalue weighted by atomic mass is 32.2. The smallest absolute Gasteiger partial charge is 0.423 e. The number of methoxy groups -OCH3 is 1. The SMILES string of the molecule is COc1cc(C(=O)NC2CCN(C)CC2)ccc1Nc1ncc(C(F)(F)F)c(O[C@@H]2Cc3ccccc3[C@@H]2NS(C)(=O)=O)n1. The molecular weight excluding hydrogens is 601 g/mol. The average Bonchev–Trinajstić information content (AvgIpc) is 3.29. The van der Waals surface area contributed by atoms with Gasteiger partial charge in [0, 0.05) is 24.2 Å². The van der Waals surface area contributed by atoms with Gasteiger partial charge in [0.15, 0.2) is 0 Å². The van der Waals surface area contributed by atoms with Gasteiger partial charge in [-0.15, -0.1) is 0 Å². The maximum absolute atomic E-state index is 14.0. The number of benzene rings is 2. The Labute approximate surface area is 253 Å². The van der Waals surface area contributed by atoms with Crippen molar-refractivity contribution in [3.8, 4) is 11.6 Å². The van der Waals surface area contributed by atoms with Crippen molar-refractivity contribution in [3.05, 3.63) is 70.9 Å². The van der Waals surface area contributed by atoms with Gasteiger partial charge in [-0.1, -0.05) is 24.3 Å². The first-order valence-electron chi connectivity index (χ1n) is 13.9. The van der Waals surface area contributed by atoms with E-state index in [1.54, 1.807) is 36.4 Å². The summed E-state index contributed by atoms with van der Waals surface area (Å²) in [5, 5.41) is 5.87. The van der Waals surface area contributed by atoms with Crippen LogP contribution in [0.5, 0.6) is 11.6 Å². The number of carbonyl (C=O) groups excluding carboxylic acids is 1. The van der Waals surface area contributed by atoms with Crippen LogP contribution in [0, 0.1) is 0 Å². The Kier molecular flexibility index (Phi) is 9.00. The molecule has 1 fully saturated rings. The van der Waals surface area contributed by atoms with Crippen molar-refractivity contribution >= 4 is 27.6 Å². The van der Waals surface area contributed by atoms with Gasteiger partial charge in [-0.25, -0.2) is 18.1 Å². The summed E-state index contributed by atoms with van der Waals surface area (Å²) in [4.78, 5) is 22.9. The minimum absolute atomic E-state index is 0.0568. The molecule has 5 rings (SSSR count). The molecule has 1 aliphatic heterocycles. The van der Waals surface area contributed by atoms with Gasteiger partial charge in [-0.05, 0) is 62.3 Å². The molecule has 236 valence electrons. The third-order valence-corrected chi connectivity index (χ3v) is 8.29. The molecule has 15 heteroatoms. The third-order valence-electron chi connectivity index (χ3n) is 7.61. The Morgan fingerprint density at radius 2 is 1.84 bits per heavy atom. The second-order valence-electron chi connectivity index (χ2n) is 10.9. The summed E-state index contributed by atoms with van der Waals surface area (Å²) in [5.74, 6) is -1.00. The number of piperidine rings is 1. The van der Waals surface area contributed by atoms with Crippen molar-refractivity contribution in [1.29, 1.82) is 0 Å². The van der Waals surface area contributed by atoms with Crippen LogP contribution in [0.15, 0.2) is 48.7 Å². The number of alkyl halides is 3. The molecule has 3 N–H and O–H groups in total. The van der Waals surface area contributed by atoms with E-state index < -0.39 is 39.8 Å². The molecule has 0 radical (unpaired) electrons. The highest BCUT2D eigenvalue weighted by Crippen LogP contribution is 2.40. The van der Waals surface area contributed by atoms with Crippen molar-refractivity contribution in [2.45, 2.75) is 43.6 Å². The lowest BCUT2D eigenvalue weighted by Crippen LogP contribution is -2.43. The van der Waals surface area contributed by atoms with Crippen LogP contribution in [0.1, 0.15) is 45.9 Å². The molecule has 2 aromatic carbocycles. The van der Waals surface area contributed by atoms with Crippen molar-refractivity contribution in [3.63, 3.8) is 0 Å². The second-order valence-corrected chi connectivity index (χ2v) is 12.7. The minimum Gasteiger partial charge on any atom is -0.495 e. The third kappa shape index (κ3) is 7.39. The fourth-order valence-electron chi connectivity index (χ4n) is 5.37. The molecule has 0 saturated carbocycles. The second kappa shape index (κ2) is 12.6. The summed E-state index contributed by atoms with van der Waals surface area (Å²) in [5.41, 5.74) is 0.788. The van der Waals surface area contributed by atoms with Crippen LogP contribution in [0.25, 0.3) is 0 Å². The van der Waals surface area contributed by atoms with E-state index in [0.717, 1.165) is 37.8 Å². The summed E-state index contributed by atoms with van der Waals surface area (Å²) in [7, 11) is -0.303. The van der Waals surface area contributed by atoms with Gasteiger partial charge in [0.05, 0.1) is 25.1 Å². The highest BCUT2D eigenvalue weighted by molar-refractivity contribution is 7.88. The maximum Gasteiger partial charge on any atom is 0.423 e. The molecule has 1 amide bonds. The lowest BCUT2D eigenvalue weighted by atomic mass is 10.0. The van der Waals surface area contributed by atoms with E-state index in [1.165, 1.54) is 13.2 Å². The molecular formula is C29H33F3N6O5S. The summed E-state index contributed by atoms with van der Waals surface area (Å²) >= 11 is 0. The molecule has 0 spiro atoms. The van der Waals surface area contributed by atoms with Gasteiger partial charge in [0.1, 0.15) is 17.4 Å². The molecule has 1 saturated heterocycles. The van der Waals surface area contributed by atoms with Gasteiger partial charge in [0.25, 0.3) is 5.91 Å². The molecule has 11 nitrogen and oxygen atoms in total. The Hall–Kier alpha value is -3.95. The Morgan fingerprint density at radius 1 is 1.11 bits per heavy atom. The number of sulfonamides is 1. The fourth-order valence-corrected chi connectivity index (χ4v) is 6.11. The van der Waals surface area contributed by atoms with E-state index >= 15 is 0 Å². The van der Waals surface area contributed by atoms with Crippen LogP contribution in [-0.2, 0) is 22.6 Å². The largest absolute Gasteiger partial charge is 0.495 e. The number of hydrogen-bond donors (Lipinski definition) is 3. The number of carbonyl (C=O) groups is 1. The number of anilines is 2. The first kappa shape index (κ1) is 31.5. The van der Waals surface area contributed by atoms with Crippen LogP contribution < -0.4 is 24.8 Å². The number of hydrogen-bond acceptors (Lipinski definition) is 9. The monoisotopic (exact) mass is 634 g/mol. The van der Waals surface area contributed by atoms with E-state index in [9.17, 15) is 26.4 Å².